The standard InChI is InChI=1S/C22H16F3NO3/c1-11-2-6-17-14(8-11)19(22(27)28)15-9-13(4-7-18(15)26-17)29-10-12-3-5-16(23)21(25)20(12)24/h2-8,13H,9-10H2,1H3,(H,27,28). The minimum Gasteiger partial charge on any atom is -0.478 e. The predicted molar refractivity (Wildman–Crippen MR) is 101 cm³/mol. The van der Waals surface area contributed by atoms with Crippen LogP contribution < -0.4 is 0 Å². The Balaban J connectivity index is 1.65. The lowest BCUT2D eigenvalue weighted by Crippen LogP contribution is -2.21. The Morgan fingerprint density at radius 2 is 2.00 bits per heavy atom. The Morgan fingerprint density at radius 1 is 1.21 bits per heavy atom. The maximum Gasteiger partial charge on any atom is 0.336 e. The van der Waals surface area contributed by atoms with Crippen molar-refractivity contribution >= 4 is 22.9 Å². The van der Waals surface area contributed by atoms with E-state index in [2.05, 4.69) is 4.98 Å². The molecular weight excluding hydrogens is 383 g/mol. The number of halogens is 3. The largest absolute Gasteiger partial charge is 0.478 e. The first kappa shape index (κ1) is 19.1. The van der Waals surface area contributed by atoms with E-state index in [4.69, 9.17) is 4.74 Å². The lowest BCUT2D eigenvalue weighted by atomic mass is 9.91. The average Bonchev–Trinajstić information content (AvgIpc) is 2.69. The van der Waals surface area contributed by atoms with Gasteiger partial charge >= 0.3 is 5.97 Å². The third-order valence-corrected chi connectivity index (χ3v) is 4.93. The summed E-state index contributed by atoms with van der Waals surface area (Å²) in [5, 5.41) is 10.3. The Bertz CT molecular complexity index is 1170. The monoisotopic (exact) mass is 399 g/mol. The molecule has 0 aliphatic heterocycles. The van der Waals surface area contributed by atoms with Crippen LogP contribution in [-0.2, 0) is 17.8 Å². The summed E-state index contributed by atoms with van der Waals surface area (Å²) in [6.07, 6.45) is 3.02. The number of pyridine rings is 1. The number of carbonyl (C=O) groups is 1. The molecule has 1 aliphatic carbocycles. The van der Waals surface area contributed by atoms with E-state index < -0.39 is 29.5 Å². The van der Waals surface area contributed by atoms with E-state index in [0.29, 0.717) is 22.2 Å². The van der Waals surface area contributed by atoms with E-state index in [1.54, 1.807) is 24.3 Å². The smallest absolute Gasteiger partial charge is 0.336 e. The quantitative estimate of drug-likeness (QED) is 0.640. The average molecular weight is 399 g/mol. The van der Waals surface area contributed by atoms with Crippen molar-refractivity contribution in [2.24, 2.45) is 0 Å². The van der Waals surface area contributed by atoms with Crippen molar-refractivity contribution in [1.82, 2.24) is 4.98 Å². The van der Waals surface area contributed by atoms with Crippen LogP contribution in [0.2, 0.25) is 0 Å². The molecule has 7 heteroatoms. The summed E-state index contributed by atoms with van der Waals surface area (Å²) in [7, 11) is 0. The summed E-state index contributed by atoms with van der Waals surface area (Å²) < 4.78 is 45.9. The second-order valence-corrected chi connectivity index (χ2v) is 6.92. The van der Waals surface area contributed by atoms with Gasteiger partial charge in [-0.2, -0.15) is 0 Å². The zero-order chi connectivity index (χ0) is 20.7. The fourth-order valence-electron chi connectivity index (χ4n) is 3.48. The van der Waals surface area contributed by atoms with Crippen molar-refractivity contribution in [3.8, 4) is 0 Å². The number of carboxylic acid groups (broad SMARTS) is 1. The normalized spacial score (nSPS) is 15.5. The third-order valence-electron chi connectivity index (χ3n) is 4.93. The number of hydrogen-bond acceptors (Lipinski definition) is 3. The van der Waals surface area contributed by atoms with Crippen LogP contribution in [0.1, 0.15) is 32.7 Å². The Kier molecular flexibility index (Phi) is 4.84. The van der Waals surface area contributed by atoms with Gasteiger partial charge in [-0.05, 0) is 36.8 Å². The van der Waals surface area contributed by atoms with Crippen molar-refractivity contribution in [2.45, 2.75) is 26.1 Å². The molecule has 0 fully saturated rings. The van der Waals surface area contributed by atoms with Gasteiger partial charge in [0, 0.05) is 17.4 Å². The van der Waals surface area contributed by atoms with Crippen LogP contribution in [0, 0.1) is 24.4 Å². The van der Waals surface area contributed by atoms with Gasteiger partial charge in [0.25, 0.3) is 0 Å². The van der Waals surface area contributed by atoms with Gasteiger partial charge in [0.05, 0.1) is 29.5 Å². The van der Waals surface area contributed by atoms with E-state index in [9.17, 15) is 23.1 Å². The molecule has 4 rings (SSSR count). The van der Waals surface area contributed by atoms with Crippen molar-refractivity contribution in [3.63, 3.8) is 0 Å². The molecule has 148 valence electrons. The number of hydrogen-bond donors (Lipinski definition) is 1. The molecule has 0 saturated carbocycles. The molecule has 0 amide bonds. The lowest BCUT2D eigenvalue weighted by Gasteiger charge is -2.22. The number of ether oxygens (including phenoxy) is 1. The van der Waals surface area contributed by atoms with Crippen LogP contribution in [0.3, 0.4) is 0 Å². The number of benzene rings is 2. The van der Waals surface area contributed by atoms with Gasteiger partial charge < -0.3 is 9.84 Å². The summed E-state index contributed by atoms with van der Waals surface area (Å²) in [6.45, 7) is 1.59. The molecular formula is C22H16F3NO3. The highest BCUT2D eigenvalue weighted by molar-refractivity contribution is 6.05. The molecule has 1 unspecified atom stereocenters. The number of nitrogens with zero attached hydrogens (tertiary/aromatic N) is 1. The number of carboxylic acids is 1. The van der Waals surface area contributed by atoms with E-state index >= 15 is 0 Å². The predicted octanol–water partition coefficient (Wildman–Crippen LogP) is 4.81. The molecule has 1 aromatic heterocycles. The molecule has 0 spiro atoms. The molecule has 1 atom stereocenters. The molecule has 0 saturated heterocycles. The second kappa shape index (κ2) is 7.33. The van der Waals surface area contributed by atoms with Crippen LogP contribution in [0.5, 0.6) is 0 Å². The Labute approximate surface area is 164 Å². The molecule has 1 aliphatic rings. The van der Waals surface area contributed by atoms with Crippen LogP contribution >= 0.6 is 0 Å². The van der Waals surface area contributed by atoms with E-state index in [1.807, 2.05) is 13.0 Å². The first-order chi connectivity index (χ1) is 13.8. The number of aromatic nitrogens is 1. The molecule has 1 N–H and O–H groups in total. The summed E-state index contributed by atoms with van der Waals surface area (Å²) in [4.78, 5) is 16.5. The van der Waals surface area contributed by atoms with Crippen molar-refractivity contribution < 1.29 is 27.8 Å². The number of fused-ring (bicyclic) bond motifs is 2. The van der Waals surface area contributed by atoms with Gasteiger partial charge in [0.15, 0.2) is 17.5 Å². The van der Waals surface area contributed by atoms with Gasteiger partial charge in [-0.3, -0.25) is 0 Å². The van der Waals surface area contributed by atoms with Gasteiger partial charge in [-0.25, -0.2) is 22.9 Å². The van der Waals surface area contributed by atoms with E-state index in [0.717, 1.165) is 17.7 Å². The van der Waals surface area contributed by atoms with Crippen LogP contribution in [0.25, 0.3) is 17.0 Å². The highest BCUT2D eigenvalue weighted by Gasteiger charge is 2.25. The van der Waals surface area contributed by atoms with E-state index in [1.165, 1.54) is 0 Å². The van der Waals surface area contributed by atoms with Gasteiger partial charge in [-0.1, -0.05) is 23.8 Å². The zero-order valence-electron chi connectivity index (χ0n) is 15.4. The highest BCUT2D eigenvalue weighted by atomic mass is 19.2. The fourth-order valence-corrected chi connectivity index (χ4v) is 3.48. The number of aryl methyl sites for hydroxylation is 1. The summed E-state index contributed by atoms with van der Waals surface area (Å²) in [6, 6.07) is 7.37. The lowest BCUT2D eigenvalue weighted by molar-refractivity contribution is 0.0666. The molecule has 4 nitrogen and oxygen atoms in total. The van der Waals surface area contributed by atoms with Crippen molar-refractivity contribution in [2.75, 3.05) is 0 Å². The third kappa shape index (κ3) is 3.49. The molecule has 29 heavy (non-hydrogen) atoms. The van der Waals surface area contributed by atoms with E-state index in [-0.39, 0.29) is 24.2 Å². The first-order valence-electron chi connectivity index (χ1n) is 8.94. The summed E-state index contributed by atoms with van der Waals surface area (Å²) in [5.41, 5.74) is 2.60. The van der Waals surface area contributed by atoms with Crippen LogP contribution in [-0.4, -0.2) is 22.2 Å². The molecule has 1 heterocycles. The molecule has 0 radical (unpaired) electrons. The Morgan fingerprint density at radius 3 is 2.76 bits per heavy atom. The second-order valence-electron chi connectivity index (χ2n) is 6.92. The number of aromatic carboxylic acids is 1. The topological polar surface area (TPSA) is 59.4 Å². The van der Waals surface area contributed by atoms with Crippen LogP contribution in [0.15, 0.2) is 36.4 Å². The van der Waals surface area contributed by atoms with Crippen molar-refractivity contribution in [1.29, 1.82) is 0 Å². The minimum absolute atomic E-state index is 0.117. The molecule has 3 aromatic rings. The first-order valence-corrected chi connectivity index (χ1v) is 8.94. The number of rotatable bonds is 4. The molecule has 2 aromatic carbocycles. The maximum atomic E-state index is 13.8. The van der Waals surface area contributed by atoms with Gasteiger partial charge in [0.1, 0.15) is 0 Å². The fraction of sp³-hybridized carbons (Fsp3) is 0.182. The SMILES string of the molecule is Cc1ccc2nc3c(c(C(=O)O)c2c1)CC(OCc1ccc(F)c(F)c1F)C=C3. The minimum atomic E-state index is -1.55. The van der Waals surface area contributed by atoms with Crippen LogP contribution in [0.4, 0.5) is 13.2 Å². The maximum absolute atomic E-state index is 13.8. The van der Waals surface area contributed by atoms with Gasteiger partial charge in [0.2, 0.25) is 0 Å². The summed E-state index contributed by atoms with van der Waals surface area (Å²) in [5.74, 6) is -5.17. The van der Waals surface area contributed by atoms with Gasteiger partial charge in [-0.15, -0.1) is 0 Å². The Hall–Kier alpha value is -3.19. The molecule has 0 bridgehead atoms. The zero-order valence-corrected chi connectivity index (χ0v) is 15.4. The highest BCUT2D eigenvalue weighted by Crippen LogP contribution is 2.30. The summed E-state index contributed by atoms with van der Waals surface area (Å²) >= 11 is 0. The van der Waals surface area contributed by atoms with Crippen molar-refractivity contribution in [3.05, 3.63) is 81.8 Å².